The normalized spacial score (nSPS) is 16.0. The first-order valence-electron chi connectivity index (χ1n) is 9.28. The van der Waals surface area contributed by atoms with E-state index >= 15 is 0 Å². The second kappa shape index (κ2) is 10.3. The van der Waals surface area contributed by atoms with Crippen molar-refractivity contribution < 1.29 is 9.47 Å². The number of hydrogen-bond acceptors (Lipinski definition) is 5. The van der Waals surface area contributed by atoms with Gasteiger partial charge in [-0.3, -0.25) is 0 Å². The number of likely N-dealkylation sites (tertiary alicyclic amines) is 1. The number of rotatable bonds is 9. The van der Waals surface area contributed by atoms with E-state index in [1.54, 1.807) is 7.11 Å². The molecule has 0 radical (unpaired) electrons. The molecule has 2 rings (SSSR count). The van der Waals surface area contributed by atoms with Gasteiger partial charge in [-0.25, -0.2) is 0 Å². The molecule has 1 saturated heterocycles. The van der Waals surface area contributed by atoms with E-state index < -0.39 is 0 Å². The van der Waals surface area contributed by atoms with Gasteiger partial charge in [-0.15, -0.1) is 0 Å². The van der Waals surface area contributed by atoms with E-state index in [0.717, 1.165) is 24.5 Å². The maximum atomic E-state index is 8.61. The van der Waals surface area contributed by atoms with Crippen LogP contribution in [0.5, 0.6) is 11.5 Å². The van der Waals surface area contributed by atoms with Crippen LogP contribution in [0.15, 0.2) is 18.2 Å². The highest BCUT2D eigenvalue weighted by molar-refractivity contribution is 5.43. The van der Waals surface area contributed by atoms with E-state index in [4.69, 9.17) is 14.7 Å². The van der Waals surface area contributed by atoms with Gasteiger partial charge >= 0.3 is 0 Å². The summed E-state index contributed by atoms with van der Waals surface area (Å²) in [7, 11) is 1.65. The van der Waals surface area contributed by atoms with E-state index in [-0.39, 0.29) is 0 Å². The van der Waals surface area contributed by atoms with Crippen molar-refractivity contribution in [2.24, 2.45) is 0 Å². The fraction of sp³-hybridized carbons (Fsp3) is 0.650. The van der Waals surface area contributed by atoms with Crippen LogP contribution in [0.1, 0.15) is 45.1 Å². The van der Waals surface area contributed by atoms with Crippen molar-refractivity contribution in [2.75, 3.05) is 26.8 Å². The molecule has 1 fully saturated rings. The van der Waals surface area contributed by atoms with Crippen molar-refractivity contribution in [3.63, 3.8) is 0 Å². The Kier molecular flexibility index (Phi) is 8.03. The molecule has 1 aromatic carbocycles. The number of nitrogens with zero attached hydrogens (tertiary/aromatic N) is 2. The lowest BCUT2D eigenvalue weighted by atomic mass is 10.0. The average Bonchev–Trinajstić information content (AvgIpc) is 2.64. The van der Waals surface area contributed by atoms with Crippen LogP contribution in [0.4, 0.5) is 0 Å². The van der Waals surface area contributed by atoms with Crippen LogP contribution in [-0.2, 0) is 6.54 Å². The number of unbranched alkanes of at least 4 members (excludes halogenated alkanes) is 1. The van der Waals surface area contributed by atoms with Gasteiger partial charge in [0, 0.05) is 25.0 Å². The minimum atomic E-state index is 0.513. The van der Waals surface area contributed by atoms with Gasteiger partial charge in [0.1, 0.15) is 0 Å². The van der Waals surface area contributed by atoms with Gasteiger partial charge in [0.05, 0.1) is 19.8 Å². The zero-order valence-corrected chi connectivity index (χ0v) is 15.8. The molecule has 1 aliphatic rings. The van der Waals surface area contributed by atoms with E-state index in [2.05, 4.69) is 36.2 Å². The third-order valence-corrected chi connectivity index (χ3v) is 4.77. The molecule has 0 aliphatic carbocycles. The fourth-order valence-electron chi connectivity index (χ4n) is 3.16. The topological polar surface area (TPSA) is 57.5 Å². The van der Waals surface area contributed by atoms with Crippen LogP contribution in [0, 0.1) is 11.3 Å². The Bertz CT molecular complexity index is 561. The standard InChI is InChI=1S/C20H31N3O2/c1-16(2)23-11-8-18(9-12-23)22-15-17-6-7-19(24-3)20(14-17)25-13-5-4-10-21/h6-7,14,16,18,22H,4-5,8-9,11-13,15H2,1-3H3. The first kappa shape index (κ1) is 19.6. The summed E-state index contributed by atoms with van der Waals surface area (Å²) in [5.41, 5.74) is 1.20. The molecule has 25 heavy (non-hydrogen) atoms. The lowest BCUT2D eigenvalue weighted by molar-refractivity contribution is 0.161. The molecule has 1 aliphatic heterocycles. The number of methoxy groups -OCH3 is 1. The Morgan fingerprint density at radius 3 is 2.68 bits per heavy atom. The molecule has 0 atom stereocenters. The second-order valence-corrected chi connectivity index (χ2v) is 6.88. The minimum absolute atomic E-state index is 0.513. The summed E-state index contributed by atoms with van der Waals surface area (Å²) in [4.78, 5) is 2.54. The number of piperidine rings is 1. The van der Waals surface area contributed by atoms with Crippen LogP contribution in [-0.4, -0.2) is 43.8 Å². The van der Waals surface area contributed by atoms with Crippen molar-refractivity contribution in [1.82, 2.24) is 10.2 Å². The molecule has 0 bridgehead atoms. The maximum Gasteiger partial charge on any atom is 0.161 e. The van der Waals surface area contributed by atoms with Crippen molar-refractivity contribution in [3.05, 3.63) is 23.8 Å². The quantitative estimate of drug-likeness (QED) is 0.696. The maximum absolute atomic E-state index is 8.61. The highest BCUT2D eigenvalue weighted by atomic mass is 16.5. The van der Waals surface area contributed by atoms with Crippen molar-refractivity contribution in [1.29, 1.82) is 5.26 Å². The van der Waals surface area contributed by atoms with Crippen molar-refractivity contribution in [2.45, 2.75) is 58.2 Å². The Balaban J connectivity index is 1.84. The van der Waals surface area contributed by atoms with Gasteiger partial charge in [-0.05, 0) is 63.9 Å². The van der Waals surface area contributed by atoms with E-state index in [9.17, 15) is 0 Å². The SMILES string of the molecule is COc1ccc(CNC2CCN(C(C)C)CC2)cc1OCCCC#N. The molecule has 5 nitrogen and oxygen atoms in total. The largest absolute Gasteiger partial charge is 0.493 e. The van der Waals surface area contributed by atoms with Gasteiger partial charge in [0.25, 0.3) is 0 Å². The molecule has 1 N–H and O–H groups in total. The molecule has 0 aromatic heterocycles. The second-order valence-electron chi connectivity index (χ2n) is 6.88. The summed E-state index contributed by atoms with van der Waals surface area (Å²) in [6.07, 6.45) is 3.65. The van der Waals surface area contributed by atoms with E-state index in [0.29, 0.717) is 25.1 Å². The lowest BCUT2D eigenvalue weighted by Gasteiger charge is -2.35. The van der Waals surface area contributed by atoms with E-state index in [1.807, 2.05) is 12.1 Å². The molecule has 0 amide bonds. The lowest BCUT2D eigenvalue weighted by Crippen LogP contribution is -2.44. The van der Waals surface area contributed by atoms with Crippen LogP contribution in [0.25, 0.3) is 0 Å². The predicted octanol–water partition coefficient (Wildman–Crippen LogP) is 3.34. The average molecular weight is 345 g/mol. The van der Waals surface area contributed by atoms with E-state index in [1.165, 1.54) is 31.5 Å². The summed E-state index contributed by atoms with van der Waals surface area (Å²) in [5, 5.41) is 12.3. The summed E-state index contributed by atoms with van der Waals surface area (Å²) >= 11 is 0. The molecular weight excluding hydrogens is 314 g/mol. The van der Waals surface area contributed by atoms with Crippen molar-refractivity contribution >= 4 is 0 Å². The predicted molar refractivity (Wildman–Crippen MR) is 99.9 cm³/mol. The molecule has 1 heterocycles. The first-order chi connectivity index (χ1) is 12.1. The third-order valence-electron chi connectivity index (χ3n) is 4.77. The molecule has 1 aromatic rings. The highest BCUT2D eigenvalue weighted by Gasteiger charge is 2.20. The van der Waals surface area contributed by atoms with Gasteiger partial charge in [0.2, 0.25) is 0 Å². The Hall–Kier alpha value is -1.77. The van der Waals surface area contributed by atoms with Crippen LogP contribution < -0.4 is 14.8 Å². The summed E-state index contributed by atoms with van der Waals surface area (Å²) in [6, 6.07) is 9.44. The summed E-state index contributed by atoms with van der Waals surface area (Å²) in [5.74, 6) is 1.50. The highest BCUT2D eigenvalue weighted by Crippen LogP contribution is 2.28. The first-order valence-corrected chi connectivity index (χ1v) is 9.28. The van der Waals surface area contributed by atoms with Crippen LogP contribution >= 0.6 is 0 Å². The Morgan fingerprint density at radius 1 is 1.28 bits per heavy atom. The molecule has 0 spiro atoms. The summed E-state index contributed by atoms with van der Waals surface area (Å²) < 4.78 is 11.2. The number of ether oxygens (including phenoxy) is 2. The third kappa shape index (κ3) is 6.22. The number of hydrogen-bond donors (Lipinski definition) is 1. The summed E-state index contributed by atoms with van der Waals surface area (Å²) in [6.45, 7) is 8.25. The van der Waals surface area contributed by atoms with Crippen LogP contribution in [0.3, 0.4) is 0 Å². The van der Waals surface area contributed by atoms with Gasteiger partial charge in [0.15, 0.2) is 11.5 Å². The van der Waals surface area contributed by atoms with Gasteiger partial charge in [-0.1, -0.05) is 6.07 Å². The van der Waals surface area contributed by atoms with Gasteiger partial charge in [-0.2, -0.15) is 5.26 Å². The Morgan fingerprint density at radius 2 is 2.04 bits per heavy atom. The molecule has 138 valence electrons. The number of nitrogens with one attached hydrogen (secondary N) is 1. The van der Waals surface area contributed by atoms with Gasteiger partial charge < -0.3 is 19.7 Å². The van der Waals surface area contributed by atoms with Crippen molar-refractivity contribution in [3.8, 4) is 17.6 Å². The molecule has 0 unspecified atom stereocenters. The fourth-order valence-corrected chi connectivity index (χ4v) is 3.16. The minimum Gasteiger partial charge on any atom is -0.493 e. The Labute approximate surface area is 151 Å². The molecular formula is C20H31N3O2. The number of nitriles is 1. The molecule has 5 heteroatoms. The molecule has 0 saturated carbocycles. The zero-order valence-electron chi connectivity index (χ0n) is 15.8. The van der Waals surface area contributed by atoms with Crippen LogP contribution in [0.2, 0.25) is 0 Å². The number of benzene rings is 1. The smallest absolute Gasteiger partial charge is 0.161 e. The zero-order chi connectivity index (χ0) is 18.1. The monoisotopic (exact) mass is 345 g/mol.